The van der Waals surface area contributed by atoms with Gasteiger partial charge in [0.1, 0.15) is 11.6 Å². The molecule has 2 aromatic carbocycles. The van der Waals surface area contributed by atoms with Gasteiger partial charge in [0.05, 0.1) is 18.1 Å². The van der Waals surface area contributed by atoms with Crippen LogP contribution in [0, 0.1) is 0 Å². The first kappa shape index (κ1) is 10.8. The zero-order valence-corrected chi connectivity index (χ0v) is 10.4. The number of methoxy groups -OCH3 is 1. The topological polar surface area (TPSA) is 27.1 Å². The van der Waals surface area contributed by atoms with Gasteiger partial charge in [0.2, 0.25) is 0 Å². The van der Waals surface area contributed by atoms with E-state index in [1.54, 1.807) is 7.11 Å². The molecule has 3 aromatic rings. The van der Waals surface area contributed by atoms with Crippen LogP contribution in [0.25, 0.3) is 22.4 Å². The van der Waals surface area contributed by atoms with E-state index in [2.05, 4.69) is 15.6 Å². The van der Waals surface area contributed by atoms with Gasteiger partial charge >= 0.3 is 0 Å². The Labute approximate surface area is 106 Å². The van der Waals surface area contributed by atoms with E-state index in [1.165, 1.54) is 0 Å². The molecule has 0 spiro atoms. The lowest BCUT2D eigenvalue weighted by molar-refractivity contribution is 0.415. The van der Waals surface area contributed by atoms with Gasteiger partial charge in [0.15, 0.2) is 0 Å². The van der Waals surface area contributed by atoms with Gasteiger partial charge in [0.25, 0.3) is 0 Å². The zero-order chi connectivity index (χ0) is 12.5. The predicted octanol–water partition coefficient (Wildman–Crippen LogP) is 3.25. The third-order valence-electron chi connectivity index (χ3n) is 3.14. The van der Waals surface area contributed by atoms with Gasteiger partial charge in [-0.2, -0.15) is 0 Å². The predicted molar refractivity (Wildman–Crippen MR) is 72.7 cm³/mol. The lowest BCUT2D eigenvalue weighted by Gasteiger charge is -2.04. The maximum Gasteiger partial charge on any atom is 0.140 e. The molecule has 0 N–H and O–H groups in total. The summed E-state index contributed by atoms with van der Waals surface area (Å²) in [6.45, 7) is 0. The normalized spacial score (nSPS) is 10.8. The highest BCUT2D eigenvalue weighted by Crippen LogP contribution is 2.25. The number of fused-ring (bicyclic) bond motifs is 1. The van der Waals surface area contributed by atoms with Crippen molar-refractivity contribution in [2.24, 2.45) is 7.05 Å². The minimum atomic E-state index is 0.859. The number of aryl methyl sites for hydroxylation is 1. The Bertz CT molecular complexity index is 683. The second kappa shape index (κ2) is 4.18. The van der Waals surface area contributed by atoms with Crippen LogP contribution in [-0.4, -0.2) is 16.7 Å². The largest absolute Gasteiger partial charge is 0.497 e. The van der Waals surface area contributed by atoms with Crippen LogP contribution in [0.2, 0.25) is 0 Å². The lowest BCUT2D eigenvalue weighted by atomic mass is 10.2. The lowest BCUT2D eigenvalue weighted by Crippen LogP contribution is -1.92. The Morgan fingerprint density at radius 2 is 1.72 bits per heavy atom. The molecule has 0 saturated heterocycles. The maximum absolute atomic E-state index is 5.17. The van der Waals surface area contributed by atoms with Crippen molar-refractivity contribution in [1.82, 2.24) is 9.55 Å². The van der Waals surface area contributed by atoms with Crippen molar-refractivity contribution < 1.29 is 4.74 Å². The van der Waals surface area contributed by atoms with Crippen molar-refractivity contribution in [3.63, 3.8) is 0 Å². The number of nitrogens with zero attached hydrogens (tertiary/aromatic N) is 2. The summed E-state index contributed by atoms with van der Waals surface area (Å²) in [5, 5.41) is 0. The van der Waals surface area contributed by atoms with Crippen LogP contribution in [-0.2, 0) is 7.05 Å². The van der Waals surface area contributed by atoms with Crippen molar-refractivity contribution in [3.8, 4) is 17.1 Å². The fraction of sp³-hybridized carbons (Fsp3) is 0.133. The molecular formula is C15H14N2O. The van der Waals surface area contributed by atoms with Crippen molar-refractivity contribution in [2.45, 2.75) is 0 Å². The minimum Gasteiger partial charge on any atom is -0.497 e. The molecule has 0 unspecified atom stereocenters. The molecule has 0 amide bonds. The maximum atomic E-state index is 5.17. The Balaban J connectivity index is 2.15. The van der Waals surface area contributed by atoms with Gasteiger partial charge in [-0.25, -0.2) is 4.98 Å². The number of aromatic nitrogens is 2. The van der Waals surface area contributed by atoms with Gasteiger partial charge in [-0.15, -0.1) is 0 Å². The van der Waals surface area contributed by atoms with Crippen molar-refractivity contribution in [2.75, 3.05) is 7.11 Å². The van der Waals surface area contributed by atoms with E-state index < -0.39 is 0 Å². The second-order valence-corrected chi connectivity index (χ2v) is 4.21. The van der Waals surface area contributed by atoms with E-state index in [1.807, 2.05) is 49.5 Å². The van der Waals surface area contributed by atoms with E-state index in [-0.39, 0.29) is 0 Å². The fourth-order valence-corrected chi connectivity index (χ4v) is 2.14. The number of ether oxygens (including phenoxy) is 1. The monoisotopic (exact) mass is 238 g/mol. The summed E-state index contributed by atoms with van der Waals surface area (Å²) < 4.78 is 7.28. The molecule has 0 aliphatic rings. The standard InChI is InChI=1S/C15H14N2O/c1-17-14-6-4-3-5-13(14)16-15(17)11-7-9-12(18-2)10-8-11/h3-10H,1-2H3. The van der Waals surface area contributed by atoms with Crippen LogP contribution in [0.15, 0.2) is 48.5 Å². The number of hydrogen-bond donors (Lipinski definition) is 0. The summed E-state index contributed by atoms with van der Waals surface area (Å²) in [6.07, 6.45) is 0. The molecule has 18 heavy (non-hydrogen) atoms. The first-order chi connectivity index (χ1) is 8.79. The number of imidazole rings is 1. The van der Waals surface area contributed by atoms with Gasteiger partial charge in [-0.05, 0) is 36.4 Å². The van der Waals surface area contributed by atoms with Crippen LogP contribution in [0.4, 0.5) is 0 Å². The molecule has 90 valence electrons. The third kappa shape index (κ3) is 1.64. The second-order valence-electron chi connectivity index (χ2n) is 4.21. The average molecular weight is 238 g/mol. The van der Waals surface area contributed by atoms with Crippen molar-refractivity contribution in [1.29, 1.82) is 0 Å². The van der Waals surface area contributed by atoms with Gasteiger partial charge in [-0.3, -0.25) is 0 Å². The van der Waals surface area contributed by atoms with E-state index in [0.717, 1.165) is 28.2 Å². The molecule has 1 heterocycles. The van der Waals surface area contributed by atoms with Crippen LogP contribution in [0.1, 0.15) is 0 Å². The summed E-state index contributed by atoms with van der Waals surface area (Å²) in [7, 11) is 3.71. The number of hydrogen-bond acceptors (Lipinski definition) is 2. The Hall–Kier alpha value is -2.29. The Morgan fingerprint density at radius 3 is 2.39 bits per heavy atom. The molecule has 0 radical (unpaired) electrons. The quantitative estimate of drug-likeness (QED) is 0.685. The van der Waals surface area contributed by atoms with Crippen molar-refractivity contribution >= 4 is 11.0 Å². The minimum absolute atomic E-state index is 0.859. The summed E-state index contributed by atoms with van der Waals surface area (Å²) in [5.74, 6) is 1.83. The third-order valence-corrected chi connectivity index (χ3v) is 3.14. The summed E-state index contributed by atoms with van der Waals surface area (Å²) >= 11 is 0. The van der Waals surface area contributed by atoms with Gasteiger partial charge in [-0.1, -0.05) is 12.1 Å². The van der Waals surface area contributed by atoms with Crippen LogP contribution >= 0.6 is 0 Å². The van der Waals surface area contributed by atoms with Crippen molar-refractivity contribution in [3.05, 3.63) is 48.5 Å². The highest BCUT2D eigenvalue weighted by atomic mass is 16.5. The molecule has 0 fully saturated rings. The summed E-state index contributed by atoms with van der Waals surface area (Å²) in [6, 6.07) is 16.1. The highest BCUT2D eigenvalue weighted by Gasteiger charge is 2.08. The first-order valence-electron chi connectivity index (χ1n) is 5.85. The molecule has 0 atom stereocenters. The summed E-state index contributed by atoms with van der Waals surface area (Å²) in [5.41, 5.74) is 3.25. The first-order valence-corrected chi connectivity index (χ1v) is 5.85. The molecule has 0 aliphatic heterocycles. The molecule has 3 heteroatoms. The van der Waals surface area contributed by atoms with E-state index >= 15 is 0 Å². The molecular weight excluding hydrogens is 224 g/mol. The van der Waals surface area contributed by atoms with Gasteiger partial charge < -0.3 is 9.30 Å². The highest BCUT2D eigenvalue weighted by molar-refractivity contribution is 5.80. The molecule has 3 nitrogen and oxygen atoms in total. The smallest absolute Gasteiger partial charge is 0.140 e. The molecule has 0 aliphatic carbocycles. The van der Waals surface area contributed by atoms with Crippen LogP contribution in [0.5, 0.6) is 5.75 Å². The zero-order valence-electron chi connectivity index (χ0n) is 10.4. The van der Waals surface area contributed by atoms with Gasteiger partial charge in [0, 0.05) is 12.6 Å². The molecule has 3 rings (SSSR count). The van der Waals surface area contributed by atoms with E-state index in [0.29, 0.717) is 0 Å². The SMILES string of the molecule is COc1ccc(-c2nc3ccccc3n2C)cc1. The Morgan fingerprint density at radius 1 is 1.00 bits per heavy atom. The average Bonchev–Trinajstić information content (AvgIpc) is 2.77. The van der Waals surface area contributed by atoms with E-state index in [4.69, 9.17) is 4.74 Å². The van der Waals surface area contributed by atoms with E-state index in [9.17, 15) is 0 Å². The number of rotatable bonds is 2. The molecule has 0 saturated carbocycles. The van der Waals surface area contributed by atoms with Crippen LogP contribution in [0.3, 0.4) is 0 Å². The Kier molecular flexibility index (Phi) is 2.52. The fourth-order valence-electron chi connectivity index (χ4n) is 2.14. The molecule has 1 aromatic heterocycles. The molecule has 0 bridgehead atoms. The summed E-state index contributed by atoms with van der Waals surface area (Å²) in [4.78, 5) is 4.66. The number of para-hydroxylation sites is 2. The number of benzene rings is 2. The van der Waals surface area contributed by atoms with Crippen LogP contribution < -0.4 is 4.74 Å².